The summed E-state index contributed by atoms with van der Waals surface area (Å²) in [5.74, 6) is 0. The summed E-state index contributed by atoms with van der Waals surface area (Å²) >= 11 is 4.15. The Labute approximate surface area is 397 Å². The van der Waals surface area contributed by atoms with Gasteiger partial charge in [0.15, 0.2) is 0 Å². The quantitative estimate of drug-likeness (QED) is 0.106. The molecule has 0 N–H and O–H groups in total. The lowest BCUT2D eigenvalue weighted by atomic mass is 9.40. The molecule has 11 heteroatoms. The lowest BCUT2D eigenvalue weighted by molar-refractivity contribution is 0.668. The molecule has 4 nitrogen and oxygen atoms in total. The standard InChI is InChI=1S/C55H42B5N3OS2/c1-8-24-43(25-9-1)55(44-26-10-2-11-27-44,45-40-41-54-52(42-45)51-38-22-23-39-53(51)64-54)59-65-58(48-32-16-5-17-33-48)63-57(47-30-14-4-15-31-47)61(49-34-18-6-19-35-49)56(46-28-12-3-13-29-46)62(60(63)66-59)50-36-20-7-21-37-50/h1-42H. The summed E-state index contributed by atoms with van der Waals surface area (Å²) in [6, 6.07) is 93.7. The molecule has 0 spiro atoms. The SMILES string of the molecule is c1ccc(B2SB(C(c3ccccc3)(c3ccccc3)c3ccc4oc5ccccc5c4c3)SB3N2B(c2ccccc2)N(c2ccccc2)B(c2ccccc2)N3c2ccccc2)cc1. The molecule has 0 aliphatic carbocycles. The molecule has 2 fully saturated rings. The van der Waals surface area contributed by atoms with E-state index >= 15 is 0 Å². The van der Waals surface area contributed by atoms with E-state index in [0.717, 1.165) is 33.3 Å². The number of rotatable bonds is 9. The van der Waals surface area contributed by atoms with Crippen LogP contribution in [0.2, 0.25) is 0 Å². The van der Waals surface area contributed by atoms with Crippen LogP contribution in [0, 0.1) is 0 Å². The molecule has 10 aromatic rings. The van der Waals surface area contributed by atoms with Gasteiger partial charge in [0.2, 0.25) is 0 Å². The number of nitrogens with zero attached hydrogens (tertiary/aromatic N) is 3. The Kier molecular flexibility index (Phi) is 10.9. The zero-order valence-corrected chi connectivity index (χ0v) is 37.8. The Bertz CT molecular complexity index is 3180. The highest BCUT2D eigenvalue weighted by molar-refractivity contribution is 8.72. The molecule has 0 saturated carbocycles. The van der Waals surface area contributed by atoms with Crippen molar-refractivity contribution in [1.82, 2.24) is 4.63 Å². The number of anilines is 2. The van der Waals surface area contributed by atoms with Crippen molar-refractivity contribution in [3.63, 3.8) is 0 Å². The zero-order chi connectivity index (χ0) is 43.9. The Morgan fingerprint density at radius 1 is 0.364 bits per heavy atom. The van der Waals surface area contributed by atoms with Gasteiger partial charge < -0.3 is 18.5 Å². The Balaban J connectivity index is 1.17. The van der Waals surface area contributed by atoms with E-state index in [4.69, 9.17) is 4.42 Å². The third-order valence-corrected chi connectivity index (χ3v) is 16.7. The highest BCUT2D eigenvalue weighted by Gasteiger charge is 2.64. The zero-order valence-electron chi connectivity index (χ0n) is 36.2. The predicted octanol–water partition coefficient (Wildman–Crippen LogP) is 10.9. The Morgan fingerprint density at radius 2 is 0.818 bits per heavy atom. The van der Waals surface area contributed by atoms with Crippen molar-refractivity contribution < 1.29 is 4.42 Å². The molecule has 0 radical (unpaired) electrons. The number of hydrogen-bond donors (Lipinski definition) is 0. The van der Waals surface area contributed by atoms with Gasteiger partial charge in [0, 0.05) is 27.5 Å². The van der Waals surface area contributed by atoms with Crippen molar-refractivity contribution in [3.05, 3.63) is 271 Å². The maximum absolute atomic E-state index is 6.51. The summed E-state index contributed by atoms with van der Waals surface area (Å²) in [6.45, 7) is -0.349. The second-order valence-corrected chi connectivity index (χ2v) is 19.7. The minimum atomic E-state index is -0.632. The van der Waals surface area contributed by atoms with Gasteiger partial charge in [0.1, 0.15) is 11.2 Å². The summed E-state index contributed by atoms with van der Waals surface area (Å²) < 4.78 is 14.7. The average Bonchev–Trinajstić information content (AvgIpc) is 3.78. The number of fused-ring (bicyclic) bond motifs is 4. The summed E-state index contributed by atoms with van der Waals surface area (Å²) in [5, 5.41) is 1.57. The maximum atomic E-state index is 6.51. The molecular weight excluding hydrogens is 837 g/mol. The van der Waals surface area contributed by atoms with E-state index < -0.39 is 5.31 Å². The maximum Gasteiger partial charge on any atom is 0.388 e. The monoisotopic (exact) mass is 879 g/mol. The Morgan fingerprint density at radius 3 is 1.39 bits per heavy atom. The van der Waals surface area contributed by atoms with Crippen LogP contribution >= 0.6 is 22.9 Å². The average molecular weight is 879 g/mol. The fraction of sp³-hybridized carbons (Fsp3) is 0.0182. The van der Waals surface area contributed by atoms with Crippen molar-refractivity contribution in [2.24, 2.45) is 0 Å². The topological polar surface area (TPSA) is 22.9 Å². The van der Waals surface area contributed by atoms with Crippen LogP contribution in [0.15, 0.2) is 259 Å². The van der Waals surface area contributed by atoms with Crippen molar-refractivity contribution in [2.45, 2.75) is 5.31 Å². The van der Waals surface area contributed by atoms with Crippen LogP contribution in [0.4, 0.5) is 11.4 Å². The van der Waals surface area contributed by atoms with Crippen LogP contribution in [0.1, 0.15) is 16.7 Å². The molecule has 2 aliphatic rings. The molecule has 3 heterocycles. The van der Waals surface area contributed by atoms with Crippen LogP contribution in [0.25, 0.3) is 21.9 Å². The minimum Gasteiger partial charge on any atom is -0.456 e. The highest BCUT2D eigenvalue weighted by atomic mass is 32.2. The van der Waals surface area contributed by atoms with Crippen molar-refractivity contribution in [2.75, 3.05) is 9.44 Å². The van der Waals surface area contributed by atoms with Crippen LogP contribution in [0.5, 0.6) is 0 Å². The number of para-hydroxylation sites is 3. The van der Waals surface area contributed by atoms with Gasteiger partial charge in [-0.1, -0.05) is 218 Å². The van der Waals surface area contributed by atoms with Crippen molar-refractivity contribution in [1.29, 1.82) is 0 Å². The molecule has 0 unspecified atom stereocenters. The van der Waals surface area contributed by atoms with Gasteiger partial charge >= 0.3 is 20.2 Å². The van der Waals surface area contributed by atoms with Gasteiger partial charge in [-0.2, -0.15) is 0 Å². The normalized spacial score (nSPS) is 14.6. The molecule has 9 aromatic carbocycles. The first-order valence-corrected chi connectivity index (χ1v) is 24.6. The van der Waals surface area contributed by atoms with E-state index in [1.54, 1.807) is 0 Å². The summed E-state index contributed by atoms with van der Waals surface area (Å²) in [4.78, 5) is 0. The molecule has 12 rings (SSSR count). The van der Waals surface area contributed by atoms with E-state index in [1.807, 2.05) is 0 Å². The molecular formula is C55H42B5N3OS2. The first-order valence-electron chi connectivity index (χ1n) is 22.7. The molecule has 2 aliphatic heterocycles. The van der Waals surface area contributed by atoms with E-state index in [1.165, 1.54) is 33.1 Å². The lowest BCUT2D eigenvalue weighted by Gasteiger charge is -2.60. The smallest absolute Gasteiger partial charge is 0.388 e. The third kappa shape index (κ3) is 7.00. The predicted molar refractivity (Wildman–Crippen MR) is 288 cm³/mol. The molecule has 2 saturated heterocycles. The van der Waals surface area contributed by atoms with Gasteiger partial charge in [-0.05, 0) is 70.1 Å². The summed E-state index contributed by atoms with van der Waals surface area (Å²) in [5.41, 5.74) is 11.6. The molecule has 66 heavy (non-hydrogen) atoms. The molecule has 310 valence electrons. The van der Waals surface area contributed by atoms with E-state index in [9.17, 15) is 0 Å². The van der Waals surface area contributed by atoms with Gasteiger partial charge in [0.05, 0.1) is 0 Å². The second kappa shape index (κ2) is 17.6. The van der Waals surface area contributed by atoms with Crippen molar-refractivity contribution in [3.8, 4) is 0 Å². The van der Waals surface area contributed by atoms with Crippen LogP contribution in [0.3, 0.4) is 0 Å². The van der Waals surface area contributed by atoms with Gasteiger partial charge in [0.25, 0.3) is 11.4 Å². The third-order valence-electron chi connectivity index (χ3n) is 13.4. The molecule has 0 bridgehead atoms. The summed E-state index contributed by atoms with van der Waals surface area (Å²) in [7, 11) is 0. The fourth-order valence-electron chi connectivity index (χ4n) is 10.5. The first-order chi connectivity index (χ1) is 32.8. The minimum absolute atomic E-state index is 0.0493. The number of benzene rings is 9. The van der Waals surface area contributed by atoms with Gasteiger partial charge in [-0.25, -0.2) is 22.9 Å². The lowest BCUT2D eigenvalue weighted by Crippen LogP contribution is -2.87. The molecule has 0 amide bonds. The van der Waals surface area contributed by atoms with Crippen molar-refractivity contribution >= 4 is 104 Å². The molecule has 1 aromatic heterocycles. The summed E-state index contributed by atoms with van der Waals surface area (Å²) in [6.07, 6.45) is -0.253. The Hall–Kier alpha value is -6.64. The number of furan rings is 1. The molecule has 0 atom stereocenters. The first kappa shape index (κ1) is 40.8. The van der Waals surface area contributed by atoms with E-state index in [0.29, 0.717) is 0 Å². The van der Waals surface area contributed by atoms with Crippen LogP contribution in [-0.2, 0) is 5.31 Å². The number of hydrogen-bond acceptors (Lipinski definition) is 6. The van der Waals surface area contributed by atoms with Crippen LogP contribution in [-0.4, -0.2) is 36.3 Å². The van der Waals surface area contributed by atoms with Crippen LogP contribution < -0.4 is 25.8 Å². The van der Waals surface area contributed by atoms with Gasteiger partial charge in [-0.3, -0.25) is 0 Å². The second-order valence-electron chi connectivity index (χ2n) is 17.0. The largest absolute Gasteiger partial charge is 0.456 e. The van der Waals surface area contributed by atoms with Gasteiger partial charge in [-0.15, -0.1) is 0 Å². The van der Waals surface area contributed by atoms with E-state index in [2.05, 4.69) is 292 Å². The fourth-order valence-corrected chi connectivity index (χ4v) is 14.6. The highest BCUT2D eigenvalue weighted by Crippen LogP contribution is 2.54. The van der Waals surface area contributed by atoms with E-state index in [-0.39, 0.29) is 31.6 Å².